The zero-order valence-electron chi connectivity index (χ0n) is 14.1. The summed E-state index contributed by atoms with van der Waals surface area (Å²) in [5, 5.41) is 9.56. The van der Waals surface area contributed by atoms with Gasteiger partial charge in [0.05, 0.1) is 12.6 Å². The lowest BCUT2D eigenvalue weighted by Gasteiger charge is -2.31. The molecule has 1 fully saturated rings. The van der Waals surface area contributed by atoms with Crippen LogP contribution in [0.1, 0.15) is 29.5 Å². The van der Waals surface area contributed by atoms with Crippen LogP contribution in [0, 0.1) is 6.92 Å². The Labute approximate surface area is 143 Å². The van der Waals surface area contributed by atoms with Gasteiger partial charge >= 0.3 is 0 Å². The molecule has 2 aromatic rings. The van der Waals surface area contributed by atoms with Gasteiger partial charge in [0.1, 0.15) is 18.0 Å². The zero-order chi connectivity index (χ0) is 16.5. The predicted molar refractivity (Wildman–Crippen MR) is 95.4 cm³/mol. The van der Waals surface area contributed by atoms with Gasteiger partial charge < -0.3 is 14.9 Å². The number of hydrogen-bond acceptors (Lipinski definition) is 5. The largest absolute Gasteiger partial charge is 0.394 e. The number of benzene rings is 1. The second-order valence-corrected chi connectivity index (χ2v) is 6.79. The van der Waals surface area contributed by atoms with Crippen molar-refractivity contribution in [2.75, 3.05) is 29.5 Å². The molecule has 2 aliphatic heterocycles. The van der Waals surface area contributed by atoms with E-state index in [-0.39, 0.29) is 12.6 Å². The lowest BCUT2D eigenvalue weighted by atomic mass is 9.95. The molecule has 1 unspecified atom stereocenters. The summed E-state index contributed by atoms with van der Waals surface area (Å²) in [4.78, 5) is 13.5. The first-order valence-electron chi connectivity index (χ1n) is 8.78. The van der Waals surface area contributed by atoms with Gasteiger partial charge in [-0.1, -0.05) is 18.2 Å². The molecule has 0 aliphatic carbocycles. The highest BCUT2D eigenvalue weighted by Gasteiger charge is 2.26. The summed E-state index contributed by atoms with van der Waals surface area (Å²) in [5.41, 5.74) is 4.28. The van der Waals surface area contributed by atoms with Crippen molar-refractivity contribution in [1.29, 1.82) is 0 Å². The van der Waals surface area contributed by atoms with E-state index >= 15 is 0 Å². The van der Waals surface area contributed by atoms with E-state index in [1.165, 1.54) is 16.7 Å². The number of rotatable bonds is 3. The highest BCUT2D eigenvalue weighted by Crippen LogP contribution is 2.29. The molecule has 5 heteroatoms. The smallest absolute Gasteiger partial charge is 0.134 e. The van der Waals surface area contributed by atoms with Crippen molar-refractivity contribution in [2.45, 2.75) is 38.8 Å². The van der Waals surface area contributed by atoms with Gasteiger partial charge in [-0.25, -0.2) is 9.97 Å². The van der Waals surface area contributed by atoms with Gasteiger partial charge in [-0.2, -0.15) is 0 Å². The average Bonchev–Trinajstić information content (AvgIpc) is 3.10. The minimum atomic E-state index is 0.190. The Balaban J connectivity index is 1.58. The summed E-state index contributed by atoms with van der Waals surface area (Å²) in [6.45, 7) is 5.23. The molecule has 126 valence electrons. The minimum absolute atomic E-state index is 0.190. The van der Waals surface area contributed by atoms with Crippen molar-refractivity contribution in [1.82, 2.24) is 9.97 Å². The first-order chi connectivity index (χ1) is 11.8. The molecule has 24 heavy (non-hydrogen) atoms. The second kappa shape index (κ2) is 6.40. The van der Waals surface area contributed by atoms with Crippen molar-refractivity contribution >= 4 is 11.6 Å². The van der Waals surface area contributed by atoms with Crippen LogP contribution in [0.25, 0.3) is 0 Å². The van der Waals surface area contributed by atoms with Gasteiger partial charge in [0, 0.05) is 25.7 Å². The molecule has 1 aromatic heterocycles. The number of hydrogen-bond donors (Lipinski definition) is 1. The molecule has 0 saturated carbocycles. The standard InChI is InChI=1S/C19H24N4O/c1-14-4-2-5-15-11-22(9-7-17(14)15)18-10-19(21-13-20-18)23-8-3-6-16(23)12-24/h2,4-5,10,13,16,24H,3,6-9,11-12H2,1H3. The van der Waals surface area contributed by atoms with Crippen LogP contribution in [0.4, 0.5) is 11.6 Å². The van der Waals surface area contributed by atoms with Gasteiger partial charge in [-0.3, -0.25) is 0 Å². The molecule has 1 atom stereocenters. The molecule has 1 aromatic carbocycles. The van der Waals surface area contributed by atoms with Crippen LogP contribution in [-0.2, 0) is 13.0 Å². The maximum Gasteiger partial charge on any atom is 0.134 e. The zero-order valence-corrected chi connectivity index (χ0v) is 14.1. The first kappa shape index (κ1) is 15.4. The number of aliphatic hydroxyl groups excluding tert-OH is 1. The van der Waals surface area contributed by atoms with E-state index in [0.29, 0.717) is 0 Å². The summed E-state index contributed by atoms with van der Waals surface area (Å²) >= 11 is 0. The Hall–Kier alpha value is -2.14. The molecule has 3 heterocycles. The van der Waals surface area contributed by atoms with Crippen LogP contribution in [0.2, 0.25) is 0 Å². The van der Waals surface area contributed by atoms with Crippen LogP contribution in [0.5, 0.6) is 0 Å². The molecule has 4 rings (SSSR count). The topological polar surface area (TPSA) is 52.5 Å². The Kier molecular flexibility index (Phi) is 4.10. The fraction of sp³-hybridized carbons (Fsp3) is 0.474. The van der Waals surface area contributed by atoms with Crippen LogP contribution in [0.15, 0.2) is 30.6 Å². The van der Waals surface area contributed by atoms with Crippen molar-refractivity contribution in [3.05, 3.63) is 47.3 Å². The normalized spacial score (nSPS) is 20.3. The van der Waals surface area contributed by atoms with E-state index in [0.717, 1.165) is 50.5 Å². The minimum Gasteiger partial charge on any atom is -0.394 e. The number of aryl methyl sites for hydroxylation is 1. The summed E-state index contributed by atoms with van der Waals surface area (Å²) < 4.78 is 0. The molecular weight excluding hydrogens is 300 g/mol. The number of fused-ring (bicyclic) bond motifs is 1. The fourth-order valence-electron chi connectivity index (χ4n) is 3.99. The van der Waals surface area contributed by atoms with E-state index < -0.39 is 0 Å². The quantitative estimate of drug-likeness (QED) is 0.939. The monoisotopic (exact) mass is 324 g/mol. The van der Waals surface area contributed by atoms with Crippen molar-refractivity contribution in [3.63, 3.8) is 0 Å². The summed E-state index contributed by atoms with van der Waals surface area (Å²) in [7, 11) is 0. The fourth-order valence-corrected chi connectivity index (χ4v) is 3.99. The molecule has 0 radical (unpaired) electrons. The van der Waals surface area contributed by atoms with Gasteiger partial charge in [0.2, 0.25) is 0 Å². The molecular formula is C19H24N4O. The van der Waals surface area contributed by atoms with Gasteiger partial charge in [0.15, 0.2) is 0 Å². The highest BCUT2D eigenvalue weighted by molar-refractivity contribution is 5.53. The third-order valence-electron chi connectivity index (χ3n) is 5.34. The molecule has 0 bridgehead atoms. The lowest BCUT2D eigenvalue weighted by molar-refractivity contribution is 0.266. The van der Waals surface area contributed by atoms with Crippen LogP contribution in [-0.4, -0.2) is 40.8 Å². The third-order valence-corrected chi connectivity index (χ3v) is 5.34. The molecule has 0 amide bonds. The van der Waals surface area contributed by atoms with Crippen LogP contribution < -0.4 is 9.80 Å². The summed E-state index contributed by atoms with van der Waals surface area (Å²) in [6.07, 6.45) is 4.86. The predicted octanol–water partition coefficient (Wildman–Crippen LogP) is 2.31. The highest BCUT2D eigenvalue weighted by atomic mass is 16.3. The van der Waals surface area contributed by atoms with Gasteiger partial charge in [0.25, 0.3) is 0 Å². The van der Waals surface area contributed by atoms with Crippen molar-refractivity contribution < 1.29 is 5.11 Å². The van der Waals surface area contributed by atoms with E-state index in [9.17, 15) is 5.11 Å². The summed E-state index contributed by atoms with van der Waals surface area (Å²) in [5.74, 6) is 1.92. The van der Waals surface area contributed by atoms with Crippen molar-refractivity contribution in [3.8, 4) is 0 Å². The Morgan fingerprint density at radius 3 is 2.96 bits per heavy atom. The Morgan fingerprint density at radius 1 is 1.21 bits per heavy atom. The van der Waals surface area contributed by atoms with Crippen LogP contribution >= 0.6 is 0 Å². The second-order valence-electron chi connectivity index (χ2n) is 6.79. The SMILES string of the molecule is Cc1cccc2c1CCN(c1cc(N3CCCC3CO)ncn1)C2. The molecule has 2 aliphatic rings. The van der Waals surface area contributed by atoms with Gasteiger partial charge in [-0.15, -0.1) is 0 Å². The lowest BCUT2D eigenvalue weighted by Crippen LogP contribution is -2.34. The average molecular weight is 324 g/mol. The Bertz CT molecular complexity index is 733. The van der Waals surface area contributed by atoms with Crippen molar-refractivity contribution in [2.24, 2.45) is 0 Å². The Morgan fingerprint density at radius 2 is 2.08 bits per heavy atom. The molecule has 5 nitrogen and oxygen atoms in total. The maximum absolute atomic E-state index is 9.56. The van der Waals surface area contributed by atoms with E-state index in [2.05, 4.69) is 51.0 Å². The number of nitrogens with zero attached hydrogens (tertiary/aromatic N) is 4. The first-order valence-corrected chi connectivity index (χ1v) is 8.78. The third kappa shape index (κ3) is 2.73. The number of anilines is 2. The van der Waals surface area contributed by atoms with Crippen LogP contribution in [0.3, 0.4) is 0 Å². The molecule has 1 N–H and O–H groups in total. The van der Waals surface area contributed by atoms with E-state index in [1.807, 2.05) is 0 Å². The van der Waals surface area contributed by atoms with E-state index in [1.54, 1.807) is 6.33 Å². The van der Waals surface area contributed by atoms with E-state index in [4.69, 9.17) is 0 Å². The maximum atomic E-state index is 9.56. The number of aliphatic hydroxyl groups is 1. The number of aromatic nitrogens is 2. The van der Waals surface area contributed by atoms with Gasteiger partial charge in [-0.05, 0) is 42.9 Å². The summed E-state index contributed by atoms with van der Waals surface area (Å²) in [6, 6.07) is 8.82. The molecule has 0 spiro atoms. The molecule has 1 saturated heterocycles.